The summed E-state index contributed by atoms with van der Waals surface area (Å²) in [5.41, 5.74) is 13.3. The topological polar surface area (TPSA) is 58.8 Å². The largest absolute Gasteiger partial charge is 0.455 e. The lowest BCUT2D eigenvalue weighted by atomic mass is 9.65. The third-order valence-corrected chi connectivity index (χ3v) is 10.4. The summed E-state index contributed by atoms with van der Waals surface area (Å²) in [6.07, 6.45) is 0. The highest BCUT2D eigenvalue weighted by Gasteiger charge is 2.51. The zero-order chi connectivity index (χ0) is 34.6. The van der Waals surface area contributed by atoms with Crippen LogP contribution in [0.4, 0.5) is 0 Å². The molecule has 1 aliphatic carbocycles. The number of benzene rings is 7. The van der Waals surface area contributed by atoms with Gasteiger partial charge in [-0.05, 0) is 39.9 Å². The first-order valence-electron chi connectivity index (χ1n) is 17.4. The second-order valence-corrected chi connectivity index (χ2v) is 13.2. The van der Waals surface area contributed by atoms with Crippen molar-refractivity contribution in [3.05, 3.63) is 204 Å². The lowest BCUT2D eigenvalue weighted by molar-refractivity contribution is 0.436. The Kier molecular flexibility index (Phi) is 6.74. The molecule has 0 saturated heterocycles. The molecule has 0 amide bonds. The number of nitriles is 1. The lowest BCUT2D eigenvalue weighted by Gasteiger charge is -2.40. The number of aromatic nitrogens is 2. The zero-order valence-electron chi connectivity index (χ0n) is 28.0. The van der Waals surface area contributed by atoms with E-state index in [1.54, 1.807) is 0 Å². The molecule has 52 heavy (non-hydrogen) atoms. The van der Waals surface area contributed by atoms with Crippen molar-refractivity contribution < 1.29 is 4.74 Å². The molecule has 0 radical (unpaired) electrons. The third-order valence-electron chi connectivity index (χ3n) is 10.4. The molecule has 8 aromatic rings. The SMILES string of the molecule is N#Cc1cccc2c1Oc1c(-c3ccc(-c4nc(-c5ccccc5)cc(-c5ccccc5)n4)cc3)cccc1C21c2ccccc2-c2ccccc21. The summed E-state index contributed by atoms with van der Waals surface area (Å²) in [7, 11) is 0. The molecule has 2 heterocycles. The van der Waals surface area contributed by atoms with E-state index in [0.717, 1.165) is 56.1 Å². The summed E-state index contributed by atoms with van der Waals surface area (Å²) < 4.78 is 6.90. The second kappa shape index (κ2) is 11.8. The van der Waals surface area contributed by atoms with E-state index in [1.165, 1.54) is 22.3 Å². The molecule has 0 fully saturated rings. The van der Waals surface area contributed by atoms with E-state index in [9.17, 15) is 5.26 Å². The predicted molar refractivity (Wildman–Crippen MR) is 206 cm³/mol. The molecule has 0 unspecified atom stereocenters. The standard InChI is InChI=1S/C48H29N3O/c49-30-35-17-11-23-41-45(35)52-46-36(20-12-24-42(46)48(41)39-21-9-7-18-37(39)38-19-8-10-22-40(38)48)31-25-27-34(28-26-31)47-50-43(32-13-3-1-4-14-32)29-44(51-47)33-15-5-2-6-16-33/h1-29H. The van der Waals surface area contributed by atoms with Gasteiger partial charge in [0.15, 0.2) is 5.82 Å². The van der Waals surface area contributed by atoms with Gasteiger partial charge in [0.05, 0.1) is 22.4 Å². The van der Waals surface area contributed by atoms with Crippen LogP contribution in [0, 0.1) is 11.3 Å². The van der Waals surface area contributed by atoms with Crippen LogP contribution in [0.15, 0.2) is 176 Å². The monoisotopic (exact) mass is 663 g/mol. The van der Waals surface area contributed by atoms with Crippen LogP contribution >= 0.6 is 0 Å². The smallest absolute Gasteiger partial charge is 0.160 e. The van der Waals surface area contributed by atoms with Crippen molar-refractivity contribution >= 4 is 0 Å². The van der Waals surface area contributed by atoms with E-state index in [0.29, 0.717) is 17.1 Å². The Labute approximate surface area is 301 Å². The first-order valence-corrected chi connectivity index (χ1v) is 17.4. The van der Waals surface area contributed by atoms with E-state index in [2.05, 4.69) is 133 Å². The van der Waals surface area contributed by atoms with Gasteiger partial charge >= 0.3 is 0 Å². The number of hydrogen-bond acceptors (Lipinski definition) is 4. The van der Waals surface area contributed by atoms with E-state index >= 15 is 0 Å². The van der Waals surface area contributed by atoms with Crippen LogP contribution in [0.5, 0.6) is 11.5 Å². The van der Waals surface area contributed by atoms with Crippen LogP contribution in [-0.2, 0) is 5.41 Å². The van der Waals surface area contributed by atoms with Crippen molar-refractivity contribution in [2.75, 3.05) is 0 Å². The van der Waals surface area contributed by atoms with Gasteiger partial charge in [0.1, 0.15) is 17.6 Å². The van der Waals surface area contributed by atoms with Crippen LogP contribution < -0.4 is 4.74 Å². The fourth-order valence-electron chi connectivity index (χ4n) is 8.15. The Morgan fingerprint density at radius 1 is 0.423 bits per heavy atom. The van der Waals surface area contributed by atoms with Crippen molar-refractivity contribution in [1.82, 2.24) is 9.97 Å². The molecule has 0 atom stereocenters. The second-order valence-electron chi connectivity index (χ2n) is 13.2. The maximum atomic E-state index is 10.3. The number of hydrogen-bond donors (Lipinski definition) is 0. The number of rotatable bonds is 4. The van der Waals surface area contributed by atoms with Crippen LogP contribution in [0.25, 0.3) is 56.2 Å². The van der Waals surface area contributed by atoms with E-state index in [4.69, 9.17) is 14.7 Å². The molecule has 4 nitrogen and oxygen atoms in total. The Morgan fingerprint density at radius 2 is 0.904 bits per heavy atom. The lowest BCUT2D eigenvalue weighted by Crippen LogP contribution is -2.32. The Bertz CT molecular complexity index is 2610. The molecule has 7 aromatic carbocycles. The summed E-state index contributed by atoms with van der Waals surface area (Å²) in [4.78, 5) is 10.1. The normalized spacial score (nSPS) is 12.9. The minimum atomic E-state index is -0.654. The van der Waals surface area contributed by atoms with Crippen LogP contribution in [-0.4, -0.2) is 9.97 Å². The Morgan fingerprint density at radius 3 is 1.50 bits per heavy atom. The fourth-order valence-corrected chi connectivity index (χ4v) is 8.15. The number of fused-ring (bicyclic) bond motifs is 9. The summed E-state index contributed by atoms with van der Waals surface area (Å²) in [6.45, 7) is 0. The highest BCUT2D eigenvalue weighted by Crippen LogP contribution is 2.63. The van der Waals surface area contributed by atoms with Crippen molar-refractivity contribution in [2.45, 2.75) is 5.41 Å². The van der Waals surface area contributed by atoms with Gasteiger partial charge in [-0.1, -0.05) is 164 Å². The highest BCUT2D eigenvalue weighted by atomic mass is 16.5. The summed E-state index contributed by atoms with van der Waals surface area (Å²) in [5, 5.41) is 10.3. The van der Waals surface area contributed by atoms with Gasteiger partial charge in [0, 0.05) is 33.4 Å². The molecule has 10 rings (SSSR count). The third kappa shape index (κ3) is 4.40. The van der Waals surface area contributed by atoms with Crippen LogP contribution in [0.2, 0.25) is 0 Å². The van der Waals surface area contributed by atoms with E-state index < -0.39 is 5.41 Å². The molecule has 0 N–H and O–H groups in total. The molecule has 0 saturated carbocycles. The molecule has 1 aliphatic heterocycles. The Balaban J connectivity index is 1.15. The average molecular weight is 664 g/mol. The van der Waals surface area contributed by atoms with Gasteiger partial charge in [-0.25, -0.2) is 9.97 Å². The van der Waals surface area contributed by atoms with Gasteiger partial charge in [-0.15, -0.1) is 0 Å². The Hall–Kier alpha value is -7.09. The average Bonchev–Trinajstić information content (AvgIpc) is 3.52. The van der Waals surface area contributed by atoms with Gasteiger partial charge in [-0.2, -0.15) is 5.26 Å². The maximum Gasteiger partial charge on any atom is 0.160 e. The predicted octanol–water partition coefficient (Wildman–Crippen LogP) is 11.5. The van der Waals surface area contributed by atoms with E-state index in [-0.39, 0.29) is 0 Å². The van der Waals surface area contributed by atoms with Gasteiger partial charge < -0.3 is 4.74 Å². The first-order chi connectivity index (χ1) is 25.7. The molecular weight excluding hydrogens is 635 g/mol. The summed E-state index contributed by atoms with van der Waals surface area (Å²) >= 11 is 0. The minimum absolute atomic E-state index is 0.513. The summed E-state index contributed by atoms with van der Waals surface area (Å²) in [6, 6.07) is 62.9. The number of ether oxygens (including phenoxy) is 1. The number of para-hydroxylation sites is 2. The van der Waals surface area contributed by atoms with Crippen molar-refractivity contribution in [3.8, 4) is 73.7 Å². The molecule has 242 valence electrons. The van der Waals surface area contributed by atoms with Crippen LogP contribution in [0.1, 0.15) is 27.8 Å². The van der Waals surface area contributed by atoms with E-state index in [1.807, 2.05) is 48.5 Å². The van der Waals surface area contributed by atoms with Crippen molar-refractivity contribution in [1.29, 1.82) is 5.26 Å². The minimum Gasteiger partial charge on any atom is -0.455 e. The van der Waals surface area contributed by atoms with Gasteiger partial charge in [-0.3, -0.25) is 0 Å². The molecule has 2 aliphatic rings. The fraction of sp³-hybridized carbons (Fsp3) is 0.0208. The molecule has 1 aromatic heterocycles. The van der Waals surface area contributed by atoms with Gasteiger partial charge in [0.2, 0.25) is 0 Å². The summed E-state index contributed by atoms with van der Waals surface area (Å²) in [5.74, 6) is 2.02. The maximum absolute atomic E-state index is 10.3. The van der Waals surface area contributed by atoms with Crippen LogP contribution in [0.3, 0.4) is 0 Å². The van der Waals surface area contributed by atoms with Gasteiger partial charge in [0.25, 0.3) is 0 Å². The van der Waals surface area contributed by atoms with Crippen molar-refractivity contribution in [2.24, 2.45) is 0 Å². The van der Waals surface area contributed by atoms with Crippen molar-refractivity contribution in [3.63, 3.8) is 0 Å². The first kappa shape index (κ1) is 29.8. The zero-order valence-corrected chi connectivity index (χ0v) is 28.0. The quantitative estimate of drug-likeness (QED) is 0.188. The molecule has 1 spiro atoms. The highest BCUT2D eigenvalue weighted by molar-refractivity contribution is 5.91. The molecule has 0 bridgehead atoms. The number of nitrogens with zero attached hydrogens (tertiary/aromatic N) is 3. The molecular formula is C48H29N3O. The molecule has 4 heteroatoms.